The second-order valence-electron chi connectivity index (χ2n) is 12.5. The van der Waals surface area contributed by atoms with E-state index in [1.807, 2.05) is 0 Å². The maximum absolute atomic E-state index is 12.3. The molecule has 242 valence electrons. The van der Waals surface area contributed by atoms with Gasteiger partial charge in [-0.3, -0.25) is 4.57 Å². The highest BCUT2D eigenvalue weighted by atomic mass is 31.2. The van der Waals surface area contributed by atoms with Crippen molar-refractivity contribution in [1.82, 2.24) is 19.5 Å². The van der Waals surface area contributed by atoms with Gasteiger partial charge in [-0.25, -0.2) is 15.0 Å². The third-order valence-electron chi connectivity index (χ3n) is 8.26. The summed E-state index contributed by atoms with van der Waals surface area (Å²) in [6.45, 7) is 8.53. The van der Waals surface area contributed by atoms with Gasteiger partial charge in [-0.15, -0.1) is 11.5 Å². The van der Waals surface area contributed by atoms with Gasteiger partial charge in [0.25, 0.3) is 0 Å². The monoisotopic (exact) mass is 635 g/mol. The van der Waals surface area contributed by atoms with Gasteiger partial charge in [0.1, 0.15) is 26.3 Å². The molecule has 0 aromatic carbocycles. The number of ether oxygens (including phenoxy) is 2. The van der Waals surface area contributed by atoms with E-state index in [4.69, 9.17) is 19.7 Å². The number of rotatable bonds is 20. The van der Waals surface area contributed by atoms with Crippen molar-refractivity contribution in [3.63, 3.8) is 0 Å². The fraction of sp³-hybridized carbons (Fsp3) is 0.774. The van der Waals surface area contributed by atoms with Crippen LogP contribution in [0.5, 0.6) is 0 Å². The lowest BCUT2D eigenvalue weighted by Gasteiger charge is -2.31. The van der Waals surface area contributed by atoms with Crippen LogP contribution >= 0.6 is 7.60 Å². The quantitative estimate of drug-likeness (QED) is 0.0677. The fourth-order valence-electron chi connectivity index (χ4n) is 5.61. The van der Waals surface area contributed by atoms with Gasteiger partial charge in [0, 0.05) is 19.6 Å². The van der Waals surface area contributed by atoms with Gasteiger partial charge in [0.2, 0.25) is 0 Å². The van der Waals surface area contributed by atoms with Crippen molar-refractivity contribution < 1.29 is 23.5 Å². The molecule has 10 nitrogen and oxygen atoms in total. The number of unbranched alkanes of at least 4 members (excludes halogenated alkanes) is 7. The van der Waals surface area contributed by atoms with Crippen molar-refractivity contribution in [2.75, 3.05) is 31.9 Å². The lowest BCUT2D eigenvalue weighted by Crippen LogP contribution is -2.32. The standard InChI is InChI=1S/C31H54N5O5PSi/c1-27(23-36-25-35-29-30(32)33-24-34-31(29)36)40-26-42(37,38)41-21-16-20-39-19-14-9-7-5-4-6-8-10-15-22-43(2,3)28-17-12-11-13-18-28/h24-25,27-28H,4-14,16-21,23,26H2,1-3H3,(H,37,38)(H2,32,33,34)/t27-/m1/s1. The number of hydrogen-bond donors (Lipinski definition) is 2. The van der Waals surface area contributed by atoms with E-state index in [1.165, 1.54) is 77.0 Å². The van der Waals surface area contributed by atoms with E-state index in [-0.39, 0.29) is 19.1 Å². The van der Waals surface area contributed by atoms with Crippen molar-refractivity contribution in [3.8, 4) is 11.5 Å². The van der Waals surface area contributed by atoms with E-state index in [0.29, 0.717) is 43.2 Å². The summed E-state index contributed by atoms with van der Waals surface area (Å²) in [6, 6.07) is 0. The van der Waals surface area contributed by atoms with Crippen LogP contribution in [0.4, 0.5) is 5.82 Å². The largest absolute Gasteiger partial charge is 0.382 e. The first-order chi connectivity index (χ1) is 20.7. The summed E-state index contributed by atoms with van der Waals surface area (Å²) >= 11 is 0. The molecule has 0 aliphatic heterocycles. The first kappa shape index (κ1) is 35.7. The van der Waals surface area contributed by atoms with Crippen LogP contribution in [0.15, 0.2) is 12.7 Å². The predicted octanol–water partition coefficient (Wildman–Crippen LogP) is 7.09. The zero-order chi connectivity index (χ0) is 31.0. The Balaban J connectivity index is 1.11. The fourth-order valence-corrected chi connectivity index (χ4v) is 9.18. The van der Waals surface area contributed by atoms with E-state index in [9.17, 15) is 9.46 Å². The Kier molecular flexibility index (Phi) is 15.7. The van der Waals surface area contributed by atoms with Crippen molar-refractivity contribution in [2.45, 2.75) is 128 Å². The molecule has 43 heavy (non-hydrogen) atoms. The molecule has 3 rings (SSSR count). The Morgan fingerprint density at radius 1 is 1.02 bits per heavy atom. The van der Waals surface area contributed by atoms with Crippen molar-refractivity contribution in [1.29, 1.82) is 0 Å². The SMILES string of the molecule is C[C@H](Cn1cnc2c(N)ncnc21)OCP(=O)(O)OCCCOCCCCCCCCCC#C[Si](C)(C)C1CCCCC1. The summed E-state index contributed by atoms with van der Waals surface area (Å²) in [5.74, 6) is 3.84. The highest BCUT2D eigenvalue weighted by molar-refractivity contribution is 7.52. The number of nitrogens with two attached hydrogens (primary N) is 1. The predicted molar refractivity (Wildman–Crippen MR) is 175 cm³/mol. The van der Waals surface area contributed by atoms with Crippen molar-refractivity contribution in [3.05, 3.63) is 12.7 Å². The molecule has 1 aliphatic carbocycles. The molecule has 1 unspecified atom stereocenters. The molecule has 12 heteroatoms. The molecule has 3 N–H and O–H groups in total. The van der Waals surface area contributed by atoms with E-state index >= 15 is 0 Å². The Bertz CT molecular complexity index is 1190. The Labute approximate surface area is 259 Å². The number of aromatic nitrogens is 4. The molecule has 0 saturated heterocycles. The molecular formula is C31H54N5O5PSi. The zero-order valence-corrected chi connectivity index (χ0v) is 28.5. The minimum absolute atomic E-state index is 0.151. The van der Waals surface area contributed by atoms with Crippen molar-refractivity contribution >= 4 is 32.7 Å². The van der Waals surface area contributed by atoms with Gasteiger partial charge >= 0.3 is 7.60 Å². The van der Waals surface area contributed by atoms with Crippen LogP contribution in [0.2, 0.25) is 18.6 Å². The highest BCUT2D eigenvalue weighted by Gasteiger charge is 2.31. The van der Waals surface area contributed by atoms with E-state index in [2.05, 4.69) is 39.5 Å². The molecule has 2 aromatic rings. The molecule has 1 saturated carbocycles. The Morgan fingerprint density at radius 2 is 1.72 bits per heavy atom. The summed E-state index contributed by atoms with van der Waals surface area (Å²) in [5.41, 5.74) is 11.6. The third kappa shape index (κ3) is 13.4. The lowest BCUT2D eigenvalue weighted by molar-refractivity contribution is 0.0688. The Hall–Kier alpha value is -1.80. The minimum atomic E-state index is -3.85. The summed E-state index contributed by atoms with van der Waals surface area (Å²) in [7, 11) is -5.20. The summed E-state index contributed by atoms with van der Waals surface area (Å²) in [5, 5.41) is 0. The molecule has 2 aromatic heterocycles. The van der Waals surface area contributed by atoms with Gasteiger partial charge < -0.3 is 29.2 Å². The topological polar surface area (TPSA) is 135 Å². The maximum atomic E-state index is 12.3. The number of nitrogens with zero attached hydrogens (tertiary/aromatic N) is 4. The number of hydrogen-bond acceptors (Lipinski definition) is 8. The molecule has 2 heterocycles. The number of fused-ring (bicyclic) bond motifs is 1. The molecule has 0 bridgehead atoms. The first-order valence-electron chi connectivity index (χ1n) is 16.2. The Morgan fingerprint density at radius 3 is 2.49 bits per heavy atom. The second kappa shape index (κ2) is 18.9. The maximum Gasteiger partial charge on any atom is 0.353 e. The average molecular weight is 636 g/mol. The van der Waals surface area contributed by atoms with Crippen LogP contribution in [0, 0.1) is 11.5 Å². The van der Waals surface area contributed by atoms with Crippen molar-refractivity contribution in [2.24, 2.45) is 0 Å². The lowest BCUT2D eigenvalue weighted by atomic mass is 10.0. The van der Waals surface area contributed by atoms with E-state index < -0.39 is 15.7 Å². The summed E-state index contributed by atoms with van der Waals surface area (Å²) < 4.78 is 30.5. The van der Waals surface area contributed by atoms with Crippen LogP contribution in [0.1, 0.15) is 96.8 Å². The molecule has 0 amide bonds. The summed E-state index contributed by atoms with van der Waals surface area (Å²) in [6.07, 6.45) is 19.5. The van der Waals surface area contributed by atoms with Gasteiger partial charge in [-0.2, -0.15) is 0 Å². The average Bonchev–Trinajstić information content (AvgIpc) is 3.40. The van der Waals surface area contributed by atoms with Crippen LogP contribution < -0.4 is 5.73 Å². The first-order valence-corrected chi connectivity index (χ1v) is 21.1. The van der Waals surface area contributed by atoms with Gasteiger partial charge in [0.05, 0.1) is 25.6 Å². The number of anilines is 1. The molecule has 0 radical (unpaired) electrons. The number of imidazole rings is 1. The molecule has 1 aliphatic rings. The third-order valence-corrected chi connectivity index (χ3v) is 12.8. The molecule has 1 fully saturated rings. The van der Waals surface area contributed by atoms with E-state index in [1.54, 1.807) is 17.8 Å². The molecule has 2 atom stereocenters. The number of nitrogen functional groups attached to an aromatic ring is 1. The van der Waals surface area contributed by atoms with Crippen LogP contribution in [0.25, 0.3) is 11.2 Å². The van der Waals surface area contributed by atoms with Gasteiger partial charge in [0.15, 0.2) is 11.5 Å². The zero-order valence-electron chi connectivity index (χ0n) is 26.6. The summed E-state index contributed by atoms with van der Waals surface area (Å²) in [4.78, 5) is 22.4. The minimum Gasteiger partial charge on any atom is -0.382 e. The van der Waals surface area contributed by atoms with Gasteiger partial charge in [-0.1, -0.05) is 77.3 Å². The normalized spacial score (nSPS) is 16.6. The second-order valence-corrected chi connectivity index (χ2v) is 18.8. The van der Waals surface area contributed by atoms with Crippen LogP contribution in [-0.4, -0.2) is 64.8 Å². The molecular weight excluding hydrogens is 581 g/mol. The smallest absolute Gasteiger partial charge is 0.353 e. The van der Waals surface area contributed by atoms with E-state index in [0.717, 1.165) is 18.4 Å². The van der Waals surface area contributed by atoms with Gasteiger partial charge in [-0.05, 0) is 31.7 Å². The van der Waals surface area contributed by atoms with Crippen LogP contribution in [0.3, 0.4) is 0 Å². The highest BCUT2D eigenvalue weighted by Crippen LogP contribution is 2.42. The van der Waals surface area contributed by atoms with Crippen LogP contribution in [-0.2, 0) is 25.1 Å². The molecule has 0 spiro atoms.